The van der Waals surface area contributed by atoms with Crippen molar-refractivity contribution in [1.82, 2.24) is 4.90 Å². The van der Waals surface area contributed by atoms with Gasteiger partial charge in [-0.2, -0.15) is 0 Å². The fourth-order valence-electron chi connectivity index (χ4n) is 3.99. The largest absolute Gasteiger partial charge is 0.376 e. The Hall–Kier alpha value is -0.110. The van der Waals surface area contributed by atoms with E-state index >= 15 is 0 Å². The summed E-state index contributed by atoms with van der Waals surface area (Å²) in [4.78, 5) is 4.45. The monoisotopic (exact) mass is 239 g/mol. The molecule has 2 aliphatic heterocycles. The van der Waals surface area contributed by atoms with Gasteiger partial charge in [0.1, 0.15) is 0 Å². The molecule has 2 heteroatoms. The second-order valence-electron chi connectivity index (χ2n) is 6.04. The van der Waals surface area contributed by atoms with Crippen molar-refractivity contribution in [2.75, 3.05) is 24.8 Å². The first kappa shape index (κ1) is 11.0. The quantitative estimate of drug-likeness (QED) is 0.676. The van der Waals surface area contributed by atoms with E-state index in [9.17, 15) is 0 Å². The van der Waals surface area contributed by atoms with Crippen LogP contribution in [0.25, 0.3) is 0 Å². The average Bonchev–Trinajstić information content (AvgIpc) is 2.86. The fourth-order valence-corrected chi connectivity index (χ4v) is 7.78. The van der Waals surface area contributed by atoms with Crippen molar-refractivity contribution in [3.63, 3.8) is 0 Å². The number of nitrogens with zero attached hydrogens (tertiary/aromatic N) is 1. The number of rotatable bonds is 1. The Morgan fingerprint density at radius 2 is 1.81 bits per heavy atom. The van der Waals surface area contributed by atoms with Crippen LogP contribution >= 0.6 is 10.0 Å². The van der Waals surface area contributed by atoms with Crippen molar-refractivity contribution < 1.29 is 0 Å². The van der Waals surface area contributed by atoms with Crippen molar-refractivity contribution in [3.05, 3.63) is 11.1 Å². The molecule has 2 heterocycles. The molecule has 2 atom stereocenters. The van der Waals surface area contributed by atoms with Crippen molar-refractivity contribution in [3.8, 4) is 0 Å². The number of hydrogen-bond acceptors (Lipinski definition) is 1. The Balaban J connectivity index is 1.86. The van der Waals surface area contributed by atoms with E-state index in [0.29, 0.717) is 0 Å². The highest BCUT2D eigenvalue weighted by Crippen LogP contribution is 2.63. The van der Waals surface area contributed by atoms with Crippen LogP contribution in [0.4, 0.5) is 0 Å². The van der Waals surface area contributed by atoms with E-state index < -0.39 is 0 Å². The molecular weight excluding hydrogens is 214 g/mol. The SMILES string of the molecule is CN1C=C(S2(C)CCCC2)C2CCCCC21. The molecule has 0 spiro atoms. The predicted molar refractivity (Wildman–Crippen MR) is 74.1 cm³/mol. The lowest BCUT2D eigenvalue weighted by Gasteiger charge is -2.39. The van der Waals surface area contributed by atoms with Crippen LogP contribution in [0.1, 0.15) is 38.5 Å². The molecule has 1 saturated heterocycles. The van der Waals surface area contributed by atoms with Crippen molar-refractivity contribution in [1.29, 1.82) is 0 Å². The Morgan fingerprint density at radius 1 is 1.12 bits per heavy atom. The zero-order valence-corrected chi connectivity index (χ0v) is 11.6. The molecule has 92 valence electrons. The summed E-state index contributed by atoms with van der Waals surface area (Å²) >= 11 is 0. The average molecular weight is 239 g/mol. The maximum absolute atomic E-state index is 2.61. The summed E-state index contributed by atoms with van der Waals surface area (Å²) in [5, 5.41) is 0. The van der Waals surface area contributed by atoms with Gasteiger partial charge in [0, 0.05) is 25.2 Å². The van der Waals surface area contributed by atoms with Crippen LogP contribution in [0, 0.1) is 5.92 Å². The van der Waals surface area contributed by atoms with Gasteiger partial charge in [-0.1, -0.05) is 12.8 Å². The van der Waals surface area contributed by atoms with Gasteiger partial charge in [-0.15, -0.1) is 0 Å². The standard InChI is InChI=1S/C14H25NS/c1-15-11-14(16(2)9-5-6-10-16)12-7-3-4-8-13(12)15/h11-13H,3-10H2,1-2H3. The lowest BCUT2D eigenvalue weighted by Crippen LogP contribution is -2.32. The van der Waals surface area contributed by atoms with Gasteiger partial charge in [-0.25, -0.2) is 10.0 Å². The molecule has 0 bridgehead atoms. The summed E-state index contributed by atoms with van der Waals surface area (Å²) in [7, 11) is 1.95. The number of hydrogen-bond donors (Lipinski definition) is 0. The highest BCUT2D eigenvalue weighted by molar-refractivity contribution is 8.36. The molecule has 2 fully saturated rings. The lowest BCUT2D eigenvalue weighted by molar-refractivity contribution is 0.232. The van der Waals surface area contributed by atoms with E-state index in [-0.39, 0.29) is 10.0 Å². The maximum Gasteiger partial charge on any atom is 0.0355 e. The Morgan fingerprint density at radius 3 is 2.56 bits per heavy atom. The molecule has 1 saturated carbocycles. The third kappa shape index (κ3) is 1.61. The van der Waals surface area contributed by atoms with E-state index in [4.69, 9.17) is 0 Å². The summed E-state index contributed by atoms with van der Waals surface area (Å²) in [6.07, 6.45) is 14.0. The highest BCUT2D eigenvalue weighted by atomic mass is 32.3. The first-order valence-electron chi connectivity index (χ1n) is 6.88. The van der Waals surface area contributed by atoms with Gasteiger partial charge in [0.05, 0.1) is 0 Å². The van der Waals surface area contributed by atoms with Gasteiger partial charge >= 0.3 is 0 Å². The van der Waals surface area contributed by atoms with Crippen LogP contribution in [0.15, 0.2) is 11.1 Å². The Labute approximate surface area is 102 Å². The van der Waals surface area contributed by atoms with Crippen molar-refractivity contribution in [2.45, 2.75) is 44.6 Å². The van der Waals surface area contributed by atoms with Crippen LogP contribution in [0.5, 0.6) is 0 Å². The topological polar surface area (TPSA) is 3.24 Å². The zero-order valence-electron chi connectivity index (χ0n) is 10.7. The third-order valence-corrected chi connectivity index (χ3v) is 8.88. The zero-order chi connectivity index (χ0) is 11.2. The normalized spacial score (nSPS) is 39.4. The first-order chi connectivity index (χ1) is 7.71. The fraction of sp³-hybridized carbons (Fsp3) is 0.857. The van der Waals surface area contributed by atoms with Gasteiger partial charge in [0.25, 0.3) is 0 Å². The third-order valence-electron chi connectivity index (χ3n) is 4.96. The van der Waals surface area contributed by atoms with Crippen LogP contribution in [0.3, 0.4) is 0 Å². The van der Waals surface area contributed by atoms with Crippen LogP contribution in [-0.2, 0) is 0 Å². The van der Waals surface area contributed by atoms with Gasteiger partial charge in [-0.05, 0) is 48.3 Å². The van der Waals surface area contributed by atoms with Crippen LogP contribution in [0.2, 0.25) is 0 Å². The molecule has 16 heavy (non-hydrogen) atoms. The van der Waals surface area contributed by atoms with Crippen molar-refractivity contribution in [2.24, 2.45) is 5.92 Å². The maximum atomic E-state index is 2.61. The molecule has 3 aliphatic rings. The molecule has 0 aromatic heterocycles. The summed E-state index contributed by atoms with van der Waals surface area (Å²) < 4.78 is 0. The minimum absolute atomic E-state index is 0.366. The van der Waals surface area contributed by atoms with E-state index in [0.717, 1.165) is 12.0 Å². The minimum Gasteiger partial charge on any atom is -0.376 e. The summed E-state index contributed by atoms with van der Waals surface area (Å²) in [5.41, 5.74) is 0. The van der Waals surface area contributed by atoms with Crippen molar-refractivity contribution >= 4 is 10.0 Å². The molecule has 1 aliphatic carbocycles. The molecule has 0 aromatic carbocycles. The second-order valence-corrected chi connectivity index (χ2v) is 9.88. The van der Waals surface area contributed by atoms with E-state index in [1.807, 2.05) is 4.91 Å². The summed E-state index contributed by atoms with van der Waals surface area (Å²) in [6, 6.07) is 0.869. The molecule has 0 amide bonds. The minimum atomic E-state index is -0.366. The second kappa shape index (κ2) is 3.97. The Kier molecular flexibility index (Phi) is 2.73. The summed E-state index contributed by atoms with van der Waals surface area (Å²) in [5.74, 6) is 3.99. The van der Waals surface area contributed by atoms with Gasteiger partial charge in [0.2, 0.25) is 0 Å². The highest BCUT2D eigenvalue weighted by Gasteiger charge is 2.41. The lowest BCUT2D eigenvalue weighted by atomic mass is 9.86. The van der Waals surface area contributed by atoms with Gasteiger partial charge < -0.3 is 4.90 Å². The van der Waals surface area contributed by atoms with E-state index in [1.165, 1.54) is 50.0 Å². The van der Waals surface area contributed by atoms with Crippen LogP contribution < -0.4 is 0 Å². The van der Waals surface area contributed by atoms with Gasteiger partial charge in [0.15, 0.2) is 0 Å². The summed E-state index contributed by atoms with van der Waals surface area (Å²) in [6.45, 7) is 0. The predicted octanol–water partition coefficient (Wildman–Crippen LogP) is 3.56. The molecule has 1 nitrogen and oxygen atoms in total. The smallest absolute Gasteiger partial charge is 0.0355 e. The van der Waals surface area contributed by atoms with E-state index in [1.54, 1.807) is 0 Å². The number of fused-ring (bicyclic) bond motifs is 1. The Bertz CT molecular complexity index is 304. The van der Waals surface area contributed by atoms with Gasteiger partial charge in [-0.3, -0.25) is 0 Å². The molecule has 0 N–H and O–H groups in total. The van der Waals surface area contributed by atoms with E-state index in [2.05, 4.69) is 24.4 Å². The first-order valence-corrected chi connectivity index (χ1v) is 9.26. The molecule has 3 rings (SSSR count). The molecule has 0 radical (unpaired) electrons. The molecule has 2 unspecified atom stereocenters. The molecule has 0 aromatic rings. The van der Waals surface area contributed by atoms with Crippen LogP contribution in [-0.4, -0.2) is 35.8 Å². The molecular formula is C14H25NS.